The minimum Gasteiger partial charge on any atom is -0.534 e. The highest BCUT2D eigenvalue weighted by atomic mass is 16.5. The van der Waals surface area contributed by atoms with Gasteiger partial charge < -0.3 is 25.1 Å². The highest BCUT2D eigenvalue weighted by Crippen LogP contribution is 2.30. The summed E-state index contributed by atoms with van der Waals surface area (Å²) in [5.74, 6) is -2.01. The third-order valence-corrected chi connectivity index (χ3v) is 4.48. The largest absolute Gasteiger partial charge is 0.547 e. The molecular weight excluding hydrogens is 335 g/mol. The van der Waals surface area contributed by atoms with Gasteiger partial charge in [0.2, 0.25) is 0 Å². The third-order valence-electron chi connectivity index (χ3n) is 4.48. The zero-order chi connectivity index (χ0) is 18.3. The molecule has 1 aromatic heterocycles. The fourth-order valence-electron chi connectivity index (χ4n) is 3.16. The van der Waals surface area contributed by atoms with Gasteiger partial charge in [0.15, 0.2) is 0 Å². The summed E-state index contributed by atoms with van der Waals surface area (Å²) in [6, 6.07) is 11.9. The molecular formula is C18H15BN2O5. The van der Waals surface area contributed by atoms with E-state index in [0.717, 1.165) is 10.9 Å². The second-order valence-electron chi connectivity index (χ2n) is 6.17. The molecule has 1 aliphatic rings. The molecule has 130 valence electrons. The number of H-pyrrole nitrogens is 1. The summed E-state index contributed by atoms with van der Waals surface area (Å²) >= 11 is 0. The fraction of sp³-hybridized carbons (Fsp3) is 0.111. The van der Waals surface area contributed by atoms with Crippen molar-refractivity contribution in [3.05, 3.63) is 65.4 Å². The monoisotopic (exact) mass is 350 g/mol. The highest BCUT2D eigenvalue weighted by molar-refractivity contribution is 6.47. The van der Waals surface area contributed by atoms with Crippen molar-refractivity contribution in [2.75, 3.05) is 0 Å². The van der Waals surface area contributed by atoms with E-state index in [-0.39, 0.29) is 23.6 Å². The Kier molecular flexibility index (Phi) is 3.89. The number of carbonyl (C=O) groups is 2. The molecule has 4 N–H and O–H groups in total. The predicted molar refractivity (Wildman–Crippen MR) is 95.3 cm³/mol. The molecule has 1 aliphatic heterocycles. The molecule has 0 saturated heterocycles. The van der Waals surface area contributed by atoms with E-state index in [1.807, 2.05) is 12.1 Å². The number of para-hydroxylation sites is 1. The van der Waals surface area contributed by atoms with Gasteiger partial charge in [0.05, 0.1) is 11.5 Å². The molecule has 7 nitrogen and oxygen atoms in total. The van der Waals surface area contributed by atoms with Gasteiger partial charge in [0.1, 0.15) is 5.75 Å². The molecule has 3 aromatic rings. The van der Waals surface area contributed by atoms with Gasteiger partial charge in [-0.25, -0.2) is 4.79 Å². The van der Waals surface area contributed by atoms with Crippen LogP contribution in [0.25, 0.3) is 10.9 Å². The van der Waals surface area contributed by atoms with Crippen LogP contribution in [0.4, 0.5) is 0 Å². The zero-order valence-corrected chi connectivity index (χ0v) is 13.6. The average Bonchev–Trinajstić information content (AvgIpc) is 3.09. The lowest BCUT2D eigenvalue weighted by molar-refractivity contribution is 0.0693. The van der Waals surface area contributed by atoms with Crippen molar-refractivity contribution < 1.29 is 24.4 Å². The van der Waals surface area contributed by atoms with Crippen LogP contribution in [0.1, 0.15) is 26.3 Å². The van der Waals surface area contributed by atoms with Crippen molar-refractivity contribution in [2.24, 2.45) is 0 Å². The maximum Gasteiger partial charge on any atom is 0.547 e. The van der Waals surface area contributed by atoms with E-state index in [4.69, 9.17) is 4.65 Å². The number of hydrogen-bond acceptors (Lipinski definition) is 4. The number of aromatic amines is 1. The lowest BCUT2D eigenvalue weighted by atomic mass is 9.72. The molecule has 0 radical (unpaired) electrons. The summed E-state index contributed by atoms with van der Waals surface area (Å²) < 4.78 is 5.39. The highest BCUT2D eigenvalue weighted by Gasteiger charge is 2.37. The number of amides is 1. The topological polar surface area (TPSA) is 112 Å². The molecule has 0 spiro atoms. The van der Waals surface area contributed by atoms with Gasteiger partial charge in [0.25, 0.3) is 5.91 Å². The summed E-state index contributed by atoms with van der Waals surface area (Å²) in [6.07, 6.45) is 2.07. The summed E-state index contributed by atoms with van der Waals surface area (Å²) in [7, 11) is -1.33. The van der Waals surface area contributed by atoms with Gasteiger partial charge in [-0.15, -0.1) is 0 Å². The Hall–Kier alpha value is -3.26. The van der Waals surface area contributed by atoms with Gasteiger partial charge >= 0.3 is 13.1 Å². The van der Waals surface area contributed by atoms with E-state index in [9.17, 15) is 19.7 Å². The van der Waals surface area contributed by atoms with Gasteiger partial charge in [-0.3, -0.25) is 4.79 Å². The molecule has 26 heavy (non-hydrogen) atoms. The average molecular weight is 350 g/mol. The Balaban J connectivity index is 1.56. The Morgan fingerprint density at radius 1 is 1.23 bits per heavy atom. The SMILES string of the molecule is O=C(NC1Cc2cccc(C(=O)O)c2OB1O)c1ccc2cc[nH]c2c1. The van der Waals surface area contributed by atoms with Crippen LogP contribution in [0.5, 0.6) is 5.75 Å². The minimum absolute atomic E-state index is 0.0106. The number of carbonyl (C=O) groups excluding carboxylic acids is 1. The van der Waals surface area contributed by atoms with Crippen LogP contribution in [0.15, 0.2) is 48.7 Å². The Morgan fingerprint density at radius 2 is 2.08 bits per heavy atom. The normalized spacial score (nSPS) is 16.0. The van der Waals surface area contributed by atoms with Crippen LogP contribution in [0.2, 0.25) is 0 Å². The Morgan fingerprint density at radius 3 is 2.88 bits per heavy atom. The summed E-state index contributed by atoms with van der Waals surface area (Å²) in [6.45, 7) is 0. The first-order valence-electron chi connectivity index (χ1n) is 8.11. The van der Waals surface area contributed by atoms with Crippen LogP contribution in [0.3, 0.4) is 0 Å². The van der Waals surface area contributed by atoms with Crippen molar-refractivity contribution in [3.63, 3.8) is 0 Å². The summed E-state index contributed by atoms with van der Waals surface area (Å²) in [5, 5.41) is 23.2. The second kappa shape index (κ2) is 6.23. The van der Waals surface area contributed by atoms with Crippen LogP contribution >= 0.6 is 0 Å². The molecule has 1 amide bonds. The Labute approximate surface area is 148 Å². The standard InChI is InChI=1S/C18H15BN2O5/c22-17(12-5-4-10-6-7-20-14(10)8-12)21-15-9-11-2-1-3-13(18(23)24)16(11)26-19(15)25/h1-8,15,20,25H,9H2,(H,21,22)(H,23,24). The molecule has 8 heteroatoms. The van der Waals surface area contributed by atoms with E-state index in [2.05, 4.69) is 10.3 Å². The number of carboxylic acids is 1. The van der Waals surface area contributed by atoms with Crippen molar-refractivity contribution in [1.29, 1.82) is 0 Å². The number of aromatic carboxylic acids is 1. The third kappa shape index (κ3) is 2.80. The first-order chi connectivity index (χ1) is 12.5. The van der Waals surface area contributed by atoms with Crippen molar-refractivity contribution in [1.82, 2.24) is 10.3 Å². The number of hydrogen-bond donors (Lipinski definition) is 4. The van der Waals surface area contributed by atoms with E-state index in [1.54, 1.807) is 30.5 Å². The number of rotatable bonds is 3. The van der Waals surface area contributed by atoms with Crippen LogP contribution in [0, 0.1) is 0 Å². The van der Waals surface area contributed by atoms with Gasteiger partial charge in [-0.1, -0.05) is 18.2 Å². The van der Waals surface area contributed by atoms with Crippen molar-refractivity contribution in [2.45, 2.75) is 12.4 Å². The number of carboxylic acid groups (broad SMARTS) is 1. The fourth-order valence-corrected chi connectivity index (χ4v) is 3.16. The molecule has 1 atom stereocenters. The van der Waals surface area contributed by atoms with Gasteiger partial charge in [0, 0.05) is 17.3 Å². The lowest BCUT2D eigenvalue weighted by Crippen LogP contribution is -2.53. The molecule has 2 heterocycles. The number of aromatic nitrogens is 1. The van der Waals surface area contributed by atoms with E-state index in [0.29, 0.717) is 11.1 Å². The molecule has 1 unspecified atom stereocenters. The zero-order valence-electron chi connectivity index (χ0n) is 13.6. The molecule has 0 bridgehead atoms. The van der Waals surface area contributed by atoms with Crippen molar-refractivity contribution in [3.8, 4) is 5.75 Å². The second-order valence-corrected chi connectivity index (χ2v) is 6.17. The Bertz CT molecular complexity index is 1020. The number of nitrogens with one attached hydrogen (secondary N) is 2. The van der Waals surface area contributed by atoms with E-state index in [1.165, 1.54) is 6.07 Å². The van der Waals surface area contributed by atoms with Crippen molar-refractivity contribution >= 4 is 29.9 Å². The lowest BCUT2D eigenvalue weighted by Gasteiger charge is -2.28. The van der Waals surface area contributed by atoms with Crippen LogP contribution in [-0.2, 0) is 6.42 Å². The maximum absolute atomic E-state index is 12.5. The molecule has 0 saturated carbocycles. The molecule has 2 aromatic carbocycles. The number of benzene rings is 2. The quantitative estimate of drug-likeness (QED) is 0.537. The summed E-state index contributed by atoms with van der Waals surface area (Å²) in [5.41, 5.74) is 1.91. The van der Waals surface area contributed by atoms with E-state index >= 15 is 0 Å². The molecule has 4 rings (SSSR count). The van der Waals surface area contributed by atoms with Gasteiger partial charge in [-0.2, -0.15) is 0 Å². The minimum atomic E-state index is -1.33. The first kappa shape index (κ1) is 16.2. The van der Waals surface area contributed by atoms with Crippen LogP contribution < -0.4 is 9.97 Å². The number of fused-ring (bicyclic) bond motifs is 2. The summed E-state index contributed by atoms with van der Waals surface area (Å²) in [4.78, 5) is 26.8. The first-order valence-corrected chi connectivity index (χ1v) is 8.11. The van der Waals surface area contributed by atoms with Gasteiger partial charge in [-0.05, 0) is 41.6 Å². The predicted octanol–water partition coefficient (Wildman–Crippen LogP) is 1.62. The van der Waals surface area contributed by atoms with Crippen LogP contribution in [-0.4, -0.2) is 40.1 Å². The van der Waals surface area contributed by atoms with E-state index < -0.39 is 19.0 Å². The molecule has 0 fully saturated rings. The maximum atomic E-state index is 12.5. The molecule has 0 aliphatic carbocycles. The smallest absolute Gasteiger partial charge is 0.534 e.